The Hall–Kier alpha value is -1.56. The maximum atomic E-state index is 2.33. The van der Waals surface area contributed by atoms with Crippen molar-refractivity contribution in [2.24, 2.45) is 0 Å². The topological polar surface area (TPSA) is 0 Å². The van der Waals surface area contributed by atoms with Crippen molar-refractivity contribution in [1.29, 1.82) is 0 Å². The lowest BCUT2D eigenvalue weighted by Crippen LogP contribution is -2.03. The van der Waals surface area contributed by atoms with Gasteiger partial charge in [0, 0.05) is 0 Å². The van der Waals surface area contributed by atoms with E-state index in [-0.39, 0.29) is 0 Å². The molecule has 0 nitrogen and oxygen atoms in total. The van der Waals surface area contributed by atoms with Gasteiger partial charge in [0.05, 0.1) is 0 Å². The van der Waals surface area contributed by atoms with Gasteiger partial charge in [0.15, 0.2) is 0 Å². The van der Waals surface area contributed by atoms with Crippen LogP contribution in [0.25, 0.3) is 0 Å². The molecule has 2 aromatic carbocycles. The van der Waals surface area contributed by atoms with Crippen molar-refractivity contribution in [1.82, 2.24) is 0 Å². The van der Waals surface area contributed by atoms with Crippen LogP contribution in [0.4, 0.5) is 0 Å². The average molecular weight is 238 g/mol. The van der Waals surface area contributed by atoms with Gasteiger partial charge >= 0.3 is 0 Å². The van der Waals surface area contributed by atoms with Gasteiger partial charge in [-0.3, -0.25) is 0 Å². The summed E-state index contributed by atoms with van der Waals surface area (Å²) in [5, 5.41) is 0. The highest BCUT2D eigenvalue weighted by Gasteiger charge is 2.14. The van der Waals surface area contributed by atoms with Crippen molar-refractivity contribution in [3.8, 4) is 0 Å². The Morgan fingerprint density at radius 3 is 1.78 bits per heavy atom. The maximum Gasteiger partial charge on any atom is -0.0159 e. The Balaban J connectivity index is 2.07. The third-order valence-corrected chi connectivity index (χ3v) is 3.77. The molecular formula is C18H22. The first-order valence-electron chi connectivity index (χ1n) is 6.91. The molecule has 2 rings (SSSR count). The van der Waals surface area contributed by atoms with E-state index in [4.69, 9.17) is 0 Å². The molecule has 0 heterocycles. The Labute approximate surface area is 111 Å². The van der Waals surface area contributed by atoms with Crippen LogP contribution in [0, 0.1) is 0 Å². The predicted molar refractivity (Wildman–Crippen MR) is 78.9 cm³/mol. The van der Waals surface area contributed by atoms with Gasteiger partial charge in [0.2, 0.25) is 0 Å². The molecule has 18 heavy (non-hydrogen) atoms. The number of hydrogen-bond donors (Lipinski definition) is 0. The second-order valence-electron chi connectivity index (χ2n) is 5.06. The lowest BCUT2D eigenvalue weighted by Gasteiger charge is -2.20. The fourth-order valence-corrected chi connectivity index (χ4v) is 2.61. The van der Waals surface area contributed by atoms with Gasteiger partial charge in [0.25, 0.3) is 0 Å². The number of hydrogen-bond acceptors (Lipinski definition) is 0. The van der Waals surface area contributed by atoms with Gasteiger partial charge in [-0.2, -0.15) is 0 Å². The summed E-state index contributed by atoms with van der Waals surface area (Å²) in [7, 11) is 0. The van der Waals surface area contributed by atoms with Crippen molar-refractivity contribution in [2.45, 2.75) is 38.5 Å². The monoisotopic (exact) mass is 238 g/mol. The molecule has 0 amide bonds. The van der Waals surface area contributed by atoms with Crippen LogP contribution >= 0.6 is 0 Å². The van der Waals surface area contributed by atoms with E-state index >= 15 is 0 Å². The SMILES string of the molecule is CC[C@H](C[C@H](C)c1ccccc1)c1ccccc1. The molecule has 0 aliphatic carbocycles. The Bertz CT molecular complexity index is 444. The summed E-state index contributed by atoms with van der Waals surface area (Å²) in [6.07, 6.45) is 2.44. The third-order valence-electron chi connectivity index (χ3n) is 3.77. The summed E-state index contributed by atoms with van der Waals surface area (Å²) in [4.78, 5) is 0. The minimum atomic E-state index is 0.622. The molecule has 0 aliphatic rings. The van der Waals surface area contributed by atoms with Gasteiger partial charge in [0.1, 0.15) is 0 Å². The molecule has 2 atom stereocenters. The zero-order valence-corrected chi connectivity index (χ0v) is 11.3. The van der Waals surface area contributed by atoms with Gasteiger partial charge in [-0.1, -0.05) is 74.5 Å². The lowest BCUT2D eigenvalue weighted by atomic mass is 9.85. The highest BCUT2D eigenvalue weighted by atomic mass is 14.2. The molecule has 0 heteroatoms. The van der Waals surface area contributed by atoms with Crippen LogP contribution < -0.4 is 0 Å². The molecule has 0 saturated heterocycles. The quantitative estimate of drug-likeness (QED) is 0.656. The minimum Gasteiger partial charge on any atom is -0.0648 e. The van der Waals surface area contributed by atoms with E-state index in [9.17, 15) is 0 Å². The molecule has 0 fully saturated rings. The Morgan fingerprint density at radius 2 is 1.28 bits per heavy atom. The highest BCUT2D eigenvalue weighted by molar-refractivity contribution is 5.23. The first kappa shape index (κ1) is 12.9. The molecule has 0 aromatic heterocycles. The summed E-state index contributed by atoms with van der Waals surface area (Å²) in [5.41, 5.74) is 2.93. The summed E-state index contributed by atoms with van der Waals surface area (Å²) in [6.45, 7) is 4.62. The van der Waals surface area contributed by atoms with Crippen LogP contribution in [0.1, 0.15) is 49.7 Å². The smallest absolute Gasteiger partial charge is 0.0159 e. The molecule has 0 aliphatic heterocycles. The van der Waals surface area contributed by atoms with Gasteiger partial charge < -0.3 is 0 Å². The molecule has 0 N–H and O–H groups in total. The van der Waals surface area contributed by atoms with Crippen molar-refractivity contribution in [3.63, 3.8) is 0 Å². The summed E-state index contributed by atoms with van der Waals surface area (Å²) in [5.74, 6) is 1.29. The fraction of sp³-hybridized carbons (Fsp3) is 0.333. The van der Waals surface area contributed by atoms with Gasteiger partial charge in [-0.15, -0.1) is 0 Å². The zero-order chi connectivity index (χ0) is 12.8. The zero-order valence-electron chi connectivity index (χ0n) is 11.3. The average Bonchev–Trinajstić information content (AvgIpc) is 2.46. The number of benzene rings is 2. The summed E-state index contributed by atoms with van der Waals surface area (Å²) < 4.78 is 0. The van der Waals surface area contributed by atoms with Crippen molar-refractivity contribution < 1.29 is 0 Å². The maximum absolute atomic E-state index is 2.33. The molecule has 0 radical (unpaired) electrons. The fourth-order valence-electron chi connectivity index (χ4n) is 2.61. The predicted octanol–water partition coefficient (Wildman–Crippen LogP) is 5.37. The summed E-state index contributed by atoms with van der Waals surface area (Å²) >= 11 is 0. The van der Waals surface area contributed by atoms with E-state index in [2.05, 4.69) is 74.5 Å². The van der Waals surface area contributed by atoms with E-state index in [1.54, 1.807) is 0 Å². The van der Waals surface area contributed by atoms with Crippen LogP contribution in [-0.2, 0) is 0 Å². The van der Waals surface area contributed by atoms with E-state index in [1.165, 1.54) is 24.0 Å². The lowest BCUT2D eigenvalue weighted by molar-refractivity contribution is 0.544. The Kier molecular flexibility index (Phi) is 4.58. The van der Waals surface area contributed by atoms with Crippen LogP contribution in [0.3, 0.4) is 0 Å². The second-order valence-corrected chi connectivity index (χ2v) is 5.06. The van der Waals surface area contributed by atoms with E-state index in [0.717, 1.165) is 0 Å². The normalized spacial score (nSPS) is 14.1. The van der Waals surface area contributed by atoms with Crippen molar-refractivity contribution >= 4 is 0 Å². The molecular weight excluding hydrogens is 216 g/mol. The van der Waals surface area contributed by atoms with E-state index in [0.29, 0.717) is 11.8 Å². The summed E-state index contributed by atoms with van der Waals surface area (Å²) in [6, 6.07) is 21.7. The highest BCUT2D eigenvalue weighted by Crippen LogP contribution is 2.31. The number of rotatable bonds is 5. The molecule has 0 saturated carbocycles. The first-order chi connectivity index (χ1) is 8.81. The third kappa shape index (κ3) is 3.22. The van der Waals surface area contributed by atoms with E-state index in [1.807, 2.05) is 0 Å². The largest absolute Gasteiger partial charge is 0.0648 e. The first-order valence-corrected chi connectivity index (χ1v) is 6.91. The molecule has 94 valence electrons. The van der Waals surface area contributed by atoms with Crippen LogP contribution in [-0.4, -0.2) is 0 Å². The van der Waals surface area contributed by atoms with E-state index < -0.39 is 0 Å². The standard InChI is InChI=1S/C18H22/c1-3-16(18-12-8-5-9-13-18)14-15(2)17-10-6-4-7-11-17/h4-13,15-16H,3,14H2,1-2H3/t15-,16+/m0/s1. The molecule has 0 bridgehead atoms. The van der Waals surface area contributed by atoms with Crippen LogP contribution in [0.5, 0.6) is 0 Å². The van der Waals surface area contributed by atoms with Crippen molar-refractivity contribution in [3.05, 3.63) is 71.8 Å². The molecule has 0 spiro atoms. The van der Waals surface area contributed by atoms with Crippen molar-refractivity contribution in [2.75, 3.05) is 0 Å². The minimum absolute atomic E-state index is 0.622. The molecule has 0 unspecified atom stereocenters. The van der Waals surface area contributed by atoms with Gasteiger partial charge in [-0.25, -0.2) is 0 Å². The second kappa shape index (κ2) is 6.39. The molecule has 2 aromatic rings. The van der Waals surface area contributed by atoms with Crippen LogP contribution in [0.2, 0.25) is 0 Å². The van der Waals surface area contributed by atoms with Crippen LogP contribution in [0.15, 0.2) is 60.7 Å². The Morgan fingerprint density at radius 1 is 0.778 bits per heavy atom. The van der Waals surface area contributed by atoms with Gasteiger partial charge in [-0.05, 0) is 35.8 Å².